The highest BCUT2D eigenvalue weighted by molar-refractivity contribution is 6.62. The second kappa shape index (κ2) is 11.1. The smallest absolute Gasteiger partial charge is 0.454 e. The summed E-state index contributed by atoms with van der Waals surface area (Å²) in [6.45, 7) is 9.06. The average Bonchev–Trinajstić information content (AvgIpc) is 2.56. The molecular weight excluding hydrogens is 312 g/mol. The third kappa shape index (κ3) is 7.09. The lowest BCUT2D eigenvalue weighted by atomic mass is 10.2. The van der Waals surface area contributed by atoms with Gasteiger partial charge in [-0.15, -0.1) is 0 Å². The van der Waals surface area contributed by atoms with E-state index in [4.69, 9.17) is 18.0 Å². The molecule has 5 nitrogen and oxygen atoms in total. The van der Waals surface area contributed by atoms with E-state index in [1.807, 2.05) is 25.1 Å². The molecule has 0 saturated heterocycles. The molecule has 1 aromatic rings. The summed E-state index contributed by atoms with van der Waals surface area (Å²) in [5, 5.41) is 0. The molecule has 6 heteroatoms. The Morgan fingerprint density at radius 2 is 1.61 bits per heavy atom. The van der Waals surface area contributed by atoms with Crippen LogP contribution in [0.2, 0.25) is 0 Å². The second-order valence-electron chi connectivity index (χ2n) is 4.95. The van der Waals surface area contributed by atoms with Gasteiger partial charge in [-0.2, -0.15) is 0 Å². The fourth-order valence-electron chi connectivity index (χ4n) is 1.81. The SMILES string of the molecule is C=C(C)C(=O)OC(CC)[Si](OC)(OC)OC.Cc1ccccc1. The van der Waals surface area contributed by atoms with Crippen molar-refractivity contribution in [3.8, 4) is 0 Å². The van der Waals surface area contributed by atoms with Gasteiger partial charge in [0, 0.05) is 26.9 Å². The third-order valence-electron chi connectivity index (χ3n) is 3.16. The van der Waals surface area contributed by atoms with Crippen LogP contribution in [0.4, 0.5) is 0 Å². The molecule has 0 fully saturated rings. The lowest BCUT2D eigenvalue weighted by Gasteiger charge is -2.31. The first kappa shape index (κ1) is 21.5. The normalized spacial score (nSPS) is 11.9. The molecule has 0 spiro atoms. The zero-order valence-corrected chi connectivity index (χ0v) is 15.9. The molecule has 0 heterocycles. The first-order valence-electron chi connectivity index (χ1n) is 7.40. The average molecular weight is 340 g/mol. The van der Waals surface area contributed by atoms with Gasteiger partial charge in [-0.1, -0.05) is 49.4 Å². The molecular formula is C17H28O5Si. The van der Waals surface area contributed by atoms with E-state index >= 15 is 0 Å². The van der Waals surface area contributed by atoms with Gasteiger partial charge >= 0.3 is 14.8 Å². The van der Waals surface area contributed by atoms with E-state index in [9.17, 15) is 4.79 Å². The predicted octanol–water partition coefficient (Wildman–Crippen LogP) is 3.30. The molecule has 0 aliphatic rings. The van der Waals surface area contributed by atoms with Gasteiger partial charge in [0.25, 0.3) is 0 Å². The van der Waals surface area contributed by atoms with Gasteiger partial charge in [-0.05, 0) is 20.3 Å². The van der Waals surface area contributed by atoms with Crippen molar-refractivity contribution in [1.82, 2.24) is 0 Å². The number of hydrogen-bond acceptors (Lipinski definition) is 5. The summed E-state index contributed by atoms with van der Waals surface area (Å²) < 4.78 is 21.0. The highest BCUT2D eigenvalue weighted by Gasteiger charge is 2.49. The Morgan fingerprint density at radius 3 is 1.87 bits per heavy atom. The maximum absolute atomic E-state index is 11.4. The summed E-state index contributed by atoms with van der Waals surface area (Å²) in [7, 11) is 1.51. The van der Waals surface area contributed by atoms with Crippen LogP contribution in [0.3, 0.4) is 0 Å². The summed E-state index contributed by atoms with van der Waals surface area (Å²) in [5.74, 6) is -0.463. The third-order valence-corrected chi connectivity index (χ3v) is 6.18. The summed E-state index contributed by atoms with van der Waals surface area (Å²) in [5.41, 5.74) is 1.14. The first-order chi connectivity index (χ1) is 10.9. The Hall–Kier alpha value is -1.47. The van der Waals surface area contributed by atoms with Gasteiger partial charge in [0.1, 0.15) is 0 Å². The number of hydrogen-bond donors (Lipinski definition) is 0. The van der Waals surface area contributed by atoms with Crippen LogP contribution < -0.4 is 0 Å². The molecule has 0 aliphatic heterocycles. The van der Waals surface area contributed by atoms with E-state index in [0.717, 1.165) is 0 Å². The molecule has 0 saturated carbocycles. The molecule has 0 aromatic heterocycles. The van der Waals surface area contributed by atoms with Crippen LogP contribution in [0.1, 0.15) is 25.8 Å². The maximum Gasteiger partial charge on any atom is 0.543 e. The summed E-state index contributed by atoms with van der Waals surface area (Å²) in [6, 6.07) is 10.3. The van der Waals surface area contributed by atoms with E-state index in [0.29, 0.717) is 12.0 Å². The largest absolute Gasteiger partial charge is 0.543 e. The van der Waals surface area contributed by atoms with Crippen LogP contribution in [0.5, 0.6) is 0 Å². The Labute approximate surface area is 140 Å². The minimum absolute atomic E-state index is 0.338. The van der Waals surface area contributed by atoms with Gasteiger partial charge in [-0.25, -0.2) is 4.79 Å². The van der Waals surface area contributed by atoms with Crippen LogP contribution in [-0.4, -0.2) is 41.8 Å². The lowest BCUT2D eigenvalue weighted by Crippen LogP contribution is -2.56. The highest BCUT2D eigenvalue weighted by Crippen LogP contribution is 2.19. The number of esters is 1. The molecule has 130 valence electrons. The second-order valence-corrected chi connectivity index (χ2v) is 8.03. The van der Waals surface area contributed by atoms with Gasteiger partial charge in [0.05, 0.1) is 0 Å². The lowest BCUT2D eigenvalue weighted by molar-refractivity contribution is -0.143. The monoisotopic (exact) mass is 340 g/mol. The minimum Gasteiger partial charge on any atom is -0.454 e. The van der Waals surface area contributed by atoms with Crippen molar-refractivity contribution in [2.75, 3.05) is 21.3 Å². The fourth-order valence-corrected chi connectivity index (χ4v) is 3.85. The Morgan fingerprint density at radius 1 is 1.13 bits per heavy atom. The number of carbonyl (C=O) groups excluding carboxylic acids is 1. The molecule has 0 bridgehead atoms. The molecule has 1 rings (SSSR count). The van der Waals surface area contributed by atoms with Gasteiger partial charge in [0.15, 0.2) is 5.73 Å². The molecule has 1 aromatic carbocycles. The van der Waals surface area contributed by atoms with E-state index in [-0.39, 0.29) is 0 Å². The molecule has 23 heavy (non-hydrogen) atoms. The van der Waals surface area contributed by atoms with Crippen LogP contribution in [-0.2, 0) is 22.8 Å². The standard InChI is InChI=1S/C10H20O5Si.C7H8/c1-7-9(15-10(11)8(2)3)16(12-4,13-5)14-6;1-7-5-3-2-4-6-7/h9H,2,7H2,1,3-6H3;2-6H,1H3. The van der Waals surface area contributed by atoms with Crippen LogP contribution in [0.25, 0.3) is 0 Å². The summed E-state index contributed by atoms with van der Waals surface area (Å²) >= 11 is 0. The van der Waals surface area contributed by atoms with Gasteiger partial charge in [0.2, 0.25) is 0 Å². The van der Waals surface area contributed by atoms with E-state index in [2.05, 4.69) is 25.6 Å². The van der Waals surface area contributed by atoms with Crippen LogP contribution in [0.15, 0.2) is 42.5 Å². The van der Waals surface area contributed by atoms with Crippen molar-refractivity contribution in [2.24, 2.45) is 0 Å². The first-order valence-corrected chi connectivity index (χ1v) is 9.20. The molecule has 0 aliphatic carbocycles. The molecule has 1 atom stereocenters. The summed E-state index contributed by atoms with van der Waals surface area (Å²) in [4.78, 5) is 11.4. The number of ether oxygens (including phenoxy) is 1. The Bertz CT molecular complexity index is 463. The van der Waals surface area contributed by atoms with E-state index in [1.165, 1.54) is 26.9 Å². The predicted molar refractivity (Wildman–Crippen MR) is 92.9 cm³/mol. The van der Waals surface area contributed by atoms with Crippen molar-refractivity contribution in [3.63, 3.8) is 0 Å². The van der Waals surface area contributed by atoms with Gasteiger partial charge in [-0.3, -0.25) is 0 Å². The van der Waals surface area contributed by atoms with Crippen LogP contribution in [0, 0.1) is 6.92 Å². The van der Waals surface area contributed by atoms with E-state index < -0.39 is 20.5 Å². The van der Waals surface area contributed by atoms with Crippen molar-refractivity contribution in [1.29, 1.82) is 0 Å². The van der Waals surface area contributed by atoms with Crippen molar-refractivity contribution >= 4 is 14.8 Å². The van der Waals surface area contributed by atoms with Crippen molar-refractivity contribution in [2.45, 2.75) is 32.9 Å². The number of carbonyl (C=O) groups is 1. The zero-order chi connectivity index (χ0) is 17.9. The van der Waals surface area contributed by atoms with E-state index in [1.54, 1.807) is 6.92 Å². The maximum atomic E-state index is 11.4. The topological polar surface area (TPSA) is 54.0 Å². The van der Waals surface area contributed by atoms with Gasteiger partial charge < -0.3 is 18.0 Å². The molecule has 1 unspecified atom stereocenters. The quantitative estimate of drug-likeness (QED) is 0.433. The summed E-state index contributed by atoms with van der Waals surface area (Å²) in [6.07, 6.45) is 0.556. The van der Waals surface area contributed by atoms with Crippen molar-refractivity contribution in [3.05, 3.63) is 48.0 Å². The number of aryl methyl sites for hydroxylation is 1. The van der Waals surface area contributed by atoms with Crippen molar-refractivity contribution < 1.29 is 22.8 Å². The number of rotatable bonds is 7. The Kier molecular flexibility index (Phi) is 10.4. The number of benzene rings is 1. The molecule has 0 amide bonds. The molecule has 0 N–H and O–H groups in total. The van der Waals surface area contributed by atoms with Crippen LogP contribution >= 0.6 is 0 Å². The highest BCUT2D eigenvalue weighted by atomic mass is 28.4. The molecule has 0 radical (unpaired) electrons. The Balaban J connectivity index is 0.000000568. The fraction of sp³-hybridized carbons (Fsp3) is 0.471. The zero-order valence-electron chi connectivity index (χ0n) is 14.9. The minimum atomic E-state index is -2.94.